The van der Waals surface area contributed by atoms with Crippen LogP contribution >= 0.6 is 24.2 Å². The van der Waals surface area contributed by atoms with Crippen molar-refractivity contribution in [2.75, 3.05) is 13.7 Å². The number of aliphatic imine (C=N–C) groups is 1. The number of hydrogen-bond acceptors (Lipinski definition) is 4. The highest BCUT2D eigenvalue weighted by Crippen LogP contribution is 2.42. The summed E-state index contributed by atoms with van der Waals surface area (Å²) in [5, 5.41) is 0.695. The van der Waals surface area contributed by atoms with Crippen molar-refractivity contribution in [3.8, 4) is 5.75 Å². The number of methoxy groups -OCH3 is 1. The van der Waals surface area contributed by atoms with Crippen molar-refractivity contribution >= 4 is 29.3 Å². The highest BCUT2D eigenvalue weighted by molar-refractivity contribution is 8.14. The number of thioether (sulfide) groups is 1. The van der Waals surface area contributed by atoms with Crippen molar-refractivity contribution in [1.29, 1.82) is 0 Å². The molecule has 0 aromatic heterocycles. The van der Waals surface area contributed by atoms with Gasteiger partial charge < -0.3 is 10.5 Å². The molecule has 1 aromatic rings. The van der Waals surface area contributed by atoms with Crippen molar-refractivity contribution in [3.63, 3.8) is 0 Å². The summed E-state index contributed by atoms with van der Waals surface area (Å²) in [6.45, 7) is 3.07. The van der Waals surface area contributed by atoms with Crippen LogP contribution in [0, 0.1) is 0 Å². The molecule has 0 radical (unpaired) electrons. The Balaban J connectivity index is 0.00000162. The first-order chi connectivity index (χ1) is 8.14. The summed E-state index contributed by atoms with van der Waals surface area (Å²) in [6.07, 6.45) is 2.17. The SMILES string of the molecule is COc1ccc(C2(C)CCCN=C(N)S2)cc1.Cl. The number of halogens is 1. The van der Waals surface area contributed by atoms with Crippen LogP contribution in [0.4, 0.5) is 0 Å². The van der Waals surface area contributed by atoms with Crippen LogP contribution in [0.1, 0.15) is 25.3 Å². The molecular formula is C13H19ClN2OS. The van der Waals surface area contributed by atoms with Gasteiger partial charge in [-0.25, -0.2) is 0 Å². The van der Waals surface area contributed by atoms with Gasteiger partial charge in [0.05, 0.1) is 7.11 Å². The number of nitrogens with zero attached hydrogens (tertiary/aromatic N) is 1. The number of hydrogen-bond donors (Lipinski definition) is 1. The zero-order chi connectivity index (χ0) is 12.3. The van der Waals surface area contributed by atoms with Gasteiger partial charge >= 0.3 is 0 Å². The maximum atomic E-state index is 5.89. The molecule has 18 heavy (non-hydrogen) atoms. The molecule has 2 N–H and O–H groups in total. The van der Waals surface area contributed by atoms with Crippen molar-refractivity contribution in [1.82, 2.24) is 0 Å². The normalized spacial score (nSPS) is 23.6. The number of amidine groups is 1. The molecule has 0 spiro atoms. The highest BCUT2D eigenvalue weighted by Gasteiger charge is 2.30. The molecule has 2 rings (SSSR count). The zero-order valence-electron chi connectivity index (χ0n) is 10.7. The topological polar surface area (TPSA) is 47.6 Å². The van der Waals surface area contributed by atoms with Crippen LogP contribution in [0.3, 0.4) is 0 Å². The Morgan fingerprint density at radius 3 is 2.61 bits per heavy atom. The lowest BCUT2D eigenvalue weighted by Crippen LogP contribution is -2.21. The van der Waals surface area contributed by atoms with Crippen LogP contribution in [0.2, 0.25) is 0 Å². The molecule has 1 unspecified atom stereocenters. The molecule has 1 aliphatic rings. The molecule has 0 fully saturated rings. The van der Waals surface area contributed by atoms with Crippen molar-refractivity contribution in [2.24, 2.45) is 10.7 Å². The molecule has 0 bridgehead atoms. The Bertz CT molecular complexity index is 422. The molecule has 1 aromatic carbocycles. The third-order valence-electron chi connectivity index (χ3n) is 3.11. The predicted octanol–water partition coefficient (Wildman–Crippen LogP) is 3.17. The van der Waals surface area contributed by atoms with E-state index in [9.17, 15) is 0 Å². The Morgan fingerprint density at radius 1 is 1.33 bits per heavy atom. The molecule has 3 nitrogen and oxygen atoms in total. The molecule has 1 aliphatic heterocycles. The highest BCUT2D eigenvalue weighted by atomic mass is 35.5. The molecule has 5 heteroatoms. The molecule has 0 amide bonds. The van der Waals surface area contributed by atoms with E-state index in [0.717, 1.165) is 25.1 Å². The second-order valence-corrected chi connectivity index (χ2v) is 5.91. The number of ether oxygens (including phenoxy) is 1. The van der Waals surface area contributed by atoms with Crippen LogP contribution in [0.5, 0.6) is 5.75 Å². The van der Waals surface area contributed by atoms with E-state index in [-0.39, 0.29) is 17.2 Å². The Labute approximate surface area is 119 Å². The van der Waals surface area contributed by atoms with E-state index in [0.29, 0.717) is 5.17 Å². The van der Waals surface area contributed by atoms with Crippen molar-refractivity contribution in [3.05, 3.63) is 29.8 Å². The maximum Gasteiger partial charge on any atom is 0.154 e. The van der Waals surface area contributed by atoms with Crippen LogP contribution in [0.15, 0.2) is 29.3 Å². The summed E-state index contributed by atoms with van der Waals surface area (Å²) in [6, 6.07) is 8.23. The van der Waals surface area contributed by atoms with Gasteiger partial charge in [0.15, 0.2) is 5.17 Å². The van der Waals surface area contributed by atoms with Crippen LogP contribution in [-0.2, 0) is 4.75 Å². The molecule has 100 valence electrons. The van der Waals surface area contributed by atoms with Gasteiger partial charge in [-0.15, -0.1) is 12.4 Å². The lowest BCUT2D eigenvalue weighted by Gasteiger charge is -2.27. The van der Waals surface area contributed by atoms with Gasteiger partial charge in [-0.2, -0.15) is 0 Å². The standard InChI is InChI=1S/C13H18N2OS.ClH/c1-13(8-3-9-15-12(14)17-13)10-4-6-11(16-2)7-5-10;/h4-7H,3,8-9H2,1-2H3,(H2,14,15);1H. The largest absolute Gasteiger partial charge is 0.497 e. The van der Waals surface area contributed by atoms with E-state index in [1.54, 1.807) is 18.9 Å². The summed E-state index contributed by atoms with van der Waals surface area (Å²) >= 11 is 1.66. The second-order valence-electron chi connectivity index (χ2n) is 4.38. The Hall–Kier alpha value is -0.870. The lowest BCUT2D eigenvalue weighted by molar-refractivity contribution is 0.414. The number of benzene rings is 1. The monoisotopic (exact) mass is 286 g/mol. The first-order valence-corrected chi connectivity index (χ1v) is 6.59. The quantitative estimate of drug-likeness (QED) is 0.908. The van der Waals surface area contributed by atoms with E-state index in [4.69, 9.17) is 10.5 Å². The van der Waals surface area contributed by atoms with Crippen molar-refractivity contribution < 1.29 is 4.74 Å². The smallest absolute Gasteiger partial charge is 0.154 e. The van der Waals surface area contributed by atoms with Crippen LogP contribution in [-0.4, -0.2) is 18.8 Å². The maximum absolute atomic E-state index is 5.89. The Morgan fingerprint density at radius 2 is 2.00 bits per heavy atom. The van der Waals surface area contributed by atoms with Crippen molar-refractivity contribution in [2.45, 2.75) is 24.5 Å². The molecule has 0 saturated heterocycles. The predicted molar refractivity (Wildman–Crippen MR) is 80.9 cm³/mol. The fraction of sp³-hybridized carbons (Fsp3) is 0.462. The third-order valence-corrected chi connectivity index (χ3v) is 4.34. The Kier molecular flexibility index (Phi) is 5.35. The van der Waals surface area contributed by atoms with Crippen LogP contribution < -0.4 is 10.5 Å². The van der Waals surface area contributed by atoms with Gasteiger partial charge in [-0.3, -0.25) is 4.99 Å². The van der Waals surface area contributed by atoms with E-state index >= 15 is 0 Å². The number of rotatable bonds is 2. The van der Waals surface area contributed by atoms with E-state index < -0.39 is 0 Å². The molecular weight excluding hydrogens is 268 g/mol. The second kappa shape index (κ2) is 6.34. The molecule has 0 saturated carbocycles. The molecule has 1 heterocycles. The van der Waals surface area contributed by atoms with Gasteiger partial charge in [-0.1, -0.05) is 23.9 Å². The minimum atomic E-state index is 0. The summed E-state index contributed by atoms with van der Waals surface area (Å²) < 4.78 is 5.20. The van der Waals surface area contributed by atoms with E-state index in [1.807, 2.05) is 12.1 Å². The minimum Gasteiger partial charge on any atom is -0.497 e. The molecule has 1 atom stereocenters. The average molecular weight is 287 g/mol. The third kappa shape index (κ3) is 3.33. The molecule has 0 aliphatic carbocycles. The first-order valence-electron chi connectivity index (χ1n) is 5.77. The fourth-order valence-corrected chi connectivity index (χ4v) is 3.18. The summed E-state index contributed by atoms with van der Waals surface area (Å²) in [5.74, 6) is 0.887. The summed E-state index contributed by atoms with van der Waals surface area (Å²) in [5.41, 5.74) is 7.17. The van der Waals surface area contributed by atoms with Gasteiger partial charge in [0.1, 0.15) is 5.75 Å². The van der Waals surface area contributed by atoms with E-state index in [1.165, 1.54) is 5.56 Å². The number of nitrogens with two attached hydrogens (primary N) is 1. The zero-order valence-corrected chi connectivity index (χ0v) is 12.3. The van der Waals surface area contributed by atoms with Gasteiger partial charge in [0.25, 0.3) is 0 Å². The lowest BCUT2D eigenvalue weighted by atomic mass is 9.95. The first kappa shape index (κ1) is 15.2. The minimum absolute atomic E-state index is 0. The van der Waals surface area contributed by atoms with Crippen LogP contribution in [0.25, 0.3) is 0 Å². The average Bonchev–Trinajstić information content (AvgIpc) is 2.51. The van der Waals surface area contributed by atoms with Gasteiger partial charge in [0.2, 0.25) is 0 Å². The summed E-state index contributed by atoms with van der Waals surface area (Å²) in [7, 11) is 1.68. The van der Waals surface area contributed by atoms with Gasteiger partial charge in [-0.05, 0) is 37.5 Å². The summed E-state index contributed by atoms with van der Waals surface area (Å²) in [4.78, 5) is 4.31. The fourth-order valence-electron chi connectivity index (χ4n) is 2.07. The van der Waals surface area contributed by atoms with E-state index in [2.05, 4.69) is 24.0 Å². The van der Waals surface area contributed by atoms with Gasteiger partial charge in [0, 0.05) is 11.3 Å².